The van der Waals surface area contributed by atoms with E-state index in [1.165, 1.54) is 11.3 Å². The lowest BCUT2D eigenvalue weighted by Gasteiger charge is -2.02. The van der Waals surface area contributed by atoms with Gasteiger partial charge < -0.3 is 9.30 Å². The molecule has 2 aromatic carbocycles. The second kappa shape index (κ2) is 7.20. The Bertz CT molecular complexity index is 942. The average molecular weight is 361 g/mol. The van der Waals surface area contributed by atoms with Crippen LogP contribution in [-0.4, -0.2) is 17.6 Å². The maximum absolute atomic E-state index is 12.3. The highest BCUT2D eigenvalue weighted by atomic mass is 35.5. The Kier molecular flexibility index (Phi) is 5.02. The SMILES string of the molecule is CCn1c(=NC(=O)Cc2ccc(Cl)cc2)sc2cc(OC)ccc21. The van der Waals surface area contributed by atoms with Gasteiger partial charge in [0.05, 0.1) is 23.7 Å². The van der Waals surface area contributed by atoms with E-state index in [-0.39, 0.29) is 12.3 Å². The van der Waals surface area contributed by atoms with Crippen LogP contribution in [0.15, 0.2) is 47.5 Å². The van der Waals surface area contributed by atoms with E-state index in [9.17, 15) is 4.79 Å². The summed E-state index contributed by atoms with van der Waals surface area (Å²) >= 11 is 7.36. The molecule has 0 bridgehead atoms. The summed E-state index contributed by atoms with van der Waals surface area (Å²) in [6.45, 7) is 2.79. The van der Waals surface area contributed by atoms with Gasteiger partial charge in [0.2, 0.25) is 0 Å². The molecule has 0 saturated heterocycles. The Hall–Kier alpha value is -2.11. The zero-order valence-electron chi connectivity index (χ0n) is 13.5. The first-order chi connectivity index (χ1) is 11.6. The number of methoxy groups -OCH3 is 1. The summed E-state index contributed by atoms with van der Waals surface area (Å²) in [6, 6.07) is 13.1. The molecule has 0 atom stereocenters. The van der Waals surface area contributed by atoms with Crippen molar-refractivity contribution in [3.63, 3.8) is 0 Å². The van der Waals surface area contributed by atoms with Crippen LogP contribution >= 0.6 is 22.9 Å². The third-order valence-electron chi connectivity index (χ3n) is 3.70. The van der Waals surface area contributed by atoms with E-state index >= 15 is 0 Å². The van der Waals surface area contributed by atoms with E-state index in [1.807, 2.05) is 41.8 Å². The molecule has 124 valence electrons. The van der Waals surface area contributed by atoms with E-state index in [2.05, 4.69) is 4.99 Å². The van der Waals surface area contributed by atoms with Gasteiger partial charge in [-0.3, -0.25) is 4.79 Å². The van der Waals surface area contributed by atoms with E-state index < -0.39 is 0 Å². The van der Waals surface area contributed by atoms with Crippen LogP contribution in [0.1, 0.15) is 12.5 Å². The molecule has 1 amide bonds. The molecule has 0 aliphatic rings. The van der Waals surface area contributed by atoms with E-state index in [4.69, 9.17) is 16.3 Å². The summed E-state index contributed by atoms with van der Waals surface area (Å²) in [5.74, 6) is 0.629. The van der Waals surface area contributed by atoms with Crippen molar-refractivity contribution >= 4 is 39.1 Å². The van der Waals surface area contributed by atoms with E-state index in [1.54, 1.807) is 19.2 Å². The van der Waals surface area contributed by atoms with Gasteiger partial charge in [-0.15, -0.1) is 0 Å². The number of thiazole rings is 1. The molecule has 4 nitrogen and oxygen atoms in total. The normalized spacial score (nSPS) is 11.9. The van der Waals surface area contributed by atoms with Crippen molar-refractivity contribution in [2.45, 2.75) is 19.9 Å². The Labute approximate surface area is 149 Å². The fourth-order valence-corrected chi connectivity index (χ4v) is 3.76. The number of aryl methyl sites for hydroxylation is 1. The summed E-state index contributed by atoms with van der Waals surface area (Å²) in [7, 11) is 1.64. The lowest BCUT2D eigenvalue weighted by Crippen LogP contribution is -2.16. The zero-order valence-corrected chi connectivity index (χ0v) is 15.0. The van der Waals surface area contributed by atoms with Crippen LogP contribution < -0.4 is 9.54 Å². The average Bonchev–Trinajstić information content (AvgIpc) is 2.92. The molecule has 0 radical (unpaired) electrons. The number of amides is 1. The summed E-state index contributed by atoms with van der Waals surface area (Å²) < 4.78 is 8.35. The van der Waals surface area contributed by atoms with Gasteiger partial charge in [-0.2, -0.15) is 4.99 Å². The van der Waals surface area contributed by atoms with Crippen molar-refractivity contribution in [3.05, 3.63) is 57.9 Å². The predicted molar refractivity (Wildman–Crippen MR) is 97.8 cm³/mol. The first kappa shape index (κ1) is 16.7. The van der Waals surface area contributed by atoms with Gasteiger partial charge in [0.1, 0.15) is 5.75 Å². The van der Waals surface area contributed by atoms with Gasteiger partial charge >= 0.3 is 0 Å². The molecule has 0 aliphatic heterocycles. The maximum atomic E-state index is 12.3. The molecule has 1 aromatic heterocycles. The minimum atomic E-state index is -0.168. The summed E-state index contributed by atoms with van der Waals surface area (Å²) in [6.07, 6.45) is 0.262. The van der Waals surface area contributed by atoms with Gasteiger partial charge in [-0.1, -0.05) is 35.1 Å². The molecule has 0 aliphatic carbocycles. The minimum Gasteiger partial charge on any atom is -0.497 e. The first-order valence-corrected chi connectivity index (χ1v) is 8.79. The molecular weight excluding hydrogens is 344 g/mol. The van der Waals surface area contributed by atoms with Crippen molar-refractivity contribution in [2.75, 3.05) is 7.11 Å². The van der Waals surface area contributed by atoms with Crippen LogP contribution in [0.3, 0.4) is 0 Å². The van der Waals surface area contributed by atoms with Crippen molar-refractivity contribution < 1.29 is 9.53 Å². The monoisotopic (exact) mass is 360 g/mol. The zero-order chi connectivity index (χ0) is 17.1. The van der Waals surface area contributed by atoms with Crippen LogP contribution in [0.5, 0.6) is 5.75 Å². The molecule has 6 heteroatoms. The number of fused-ring (bicyclic) bond motifs is 1. The summed E-state index contributed by atoms with van der Waals surface area (Å²) in [5.41, 5.74) is 1.96. The number of hydrogen-bond donors (Lipinski definition) is 0. The van der Waals surface area contributed by atoms with Crippen molar-refractivity contribution in [1.29, 1.82) is 0 Å². The molecule has 3 aromatic rings. The van der Waals surface area contributed by atoms with Crippen LogP contribution in [0.2, 0.25) is 5.02 Å². The van der Waals surface area contributed by atoms with Crippen molar-refractivity contribution in [1.82, 2.24) is 4.57 Å². The molecule has 0 N–H and O–H groups in total. The molecule has 24 heavy (non-hydrogen) atoms. The van der Waals surface area contributed by atoms with Crippen LogP contribution in [0, 0.1) is 0 Å². The van der Waals surface area contributed by atoms with Crippen molar-refractivity contribution in [2.24, 2.45) is 4.99 Å². The molecule has 0 fully saturated rings. The summed E-state index contributed by atoms with van der Waals surface area (Å²) in [5, 5.41) is 0.658. The van der Waals surface area contributed by atoms with E-state index in [0.29, 0.717) is 9.82 Å². The Morgan fingerprint density at radius 2 is 2.00 bits per heavy atom. The third-order valence-corrected chi connectivity index (χ3v) is 4.99. The fraction of sp³-hybridized carbons (Fsp3) is 0.222. The van der Waals surface area contributed by atoms with Crippen molar-refractivity contribution in [3.8, 4) is 5.75 Å². The number of halogens is 1. The number of nitrogens with zero attached hydrogens (tertiary/aromatic N) is 2. The second-order valence-corrected chi connectivity index (χ2v) is 6.72. The Balaban J connectivity index is 1.96. The van der Waals surface area contributed by atoms with Gasteiger partial charge in [0.25, 0.3) is 5.91 Å². The lowest BCUT2D eigenvalue weighted by atomic mass is 10.1. The molecule has 0 saturated carbocycles. The molecular formula is C18H17ClN2O2S. The maximum Gasteiger partial charge on any atom is 0.252 e. The lowest BCUT2D eigenvalue weighted by molar-refractivity contribution is -0.117. The molecule has 1 heterocycles. The number of hydrogen-bond acceptors (Lipinski definition) is 3. The van der Waals surface area contributed by atoms with Gasteiger partial charge in [-0.05, 0) is 42.8 Å². The largest absolute Gasteiger partial charge is 0.497 e. The molecule has 0 spiro atoms. The third kappa shape index (κ3) is 3.52. The number of benzene rings is 2. The van der Waals surface area contributed by atoms with Crippen LogP contribution in [-0.2, 0) is 17.8 Å². The van der Waals surface area contributed by atoms with Gasteiger partial charge in [0.15, 0.2) is 4.80 Å². The number of carbonyl (C=O) groups is 1. The quantitative estimate of drug-likeness (QED) is 0.704. The van der Waals surface area contributed by atoms with Gasteiger partial charge in [-0.25, -0.2) is 0 Å². The highest BCUT2D eigenvalue weighted by molar-refractivity contribution is 7.16. The highest BCUT2D eigenvalue weighted by Gasteiger charge is 2.08. The standard InChI is InChI=1S/C18H17ClN2O2S/c1-3-21-15-9-8-14(23-2)11-16(15)24-18(21)20-17(22)10-12-4-6-13(19)7-5-12/h4-9,11H,3,10H2,1-2H3. The van der Waals surface area contributed by atoms with Gasteiger partial charge in [0, 0.05) is 11.6 Å². The van der Waals surface area contributed by atoms with E-state index in [0.717, 1.165) is 28.1 Å². The second-order valence-electron chi connectivity index (χ2n) is 5.27. The highest BCUT2D eigenvalue weighted by Crippen LogP contribution is 2.23. The fourth-order valence-electron chi connectivity index (χ4n) is 2.49. The first-order valence-electron chi connectivity index (χ1n) is 7.60. The molecule has 0 unspecified atom stereocenters. The number of rotatable bonds is 4. The Morgan fingerprint density at radius 1 is 1.25 bits per heavy atom. The number of ether oxygens (including phenoxy) is 1. The van der Waals surface area contributed by atoms with Crippen LogP contribution in [0.4, 0.5) is 0 Å². The summed E-state index contributed by atoms with van der Waals surface area (Å²) in [4.78, 5) is 17.3. The predicted octanol–water partition coefficient (Wildman–Crippen LogP) is 4.05. The molecule has 3 rings (SSSR count). The Morgan fingerprint density at radius 3 is 2.67 bits per heavy atom. The smallest absolute Gasteiger partial charge is 0.252 e. The number of carbonyl (C=O) groups excluding carboxylic acids is 1. The minimum absolute atomic E-state index is 0.168. The van der Waals surface area contributed by atoms with Crippen LogP contribution in [0.25, 0.3) is 10.2 Å². The topological polar surface area (TPSA) is 43.6 Å². The number of aromatic nitrogens is 1.